The molecule has 1 saturated carbocycles. The lowest BCUT2D eigenvalue weighted by Gasteiger charge is -2.18. The number of nitrogens with one attached hydrogen (secondary N) is 1. The molecule has 8 nitrogen and oxygen atoms in total. The van der Waals surface area contributed by atoms with Gasteiger partial charge >= 0.3 is 0 Å². The van der Waals surface area contributed by atoms with Crippen LogP contribution in [-0.4, -0.2) is 55.0 Å². The molecule has 1 N–H and O–H groups in total. The number of amides is 3. The number of anilines is 1. The van der Waals surface area contributed by atoms with Crippen LogP contribution in [0.15, 0.2) is 41.3 Å². The average Bonchev–Trinajstić information content (AvgIpc) is 3.50. The number of likely N-dealkylation sites (tertiary alicyclic amines) is 1. The van der Waals surface area contributed by atoms with Crippen molar-refractivity contribution in [2.45, 2.75) is 24.2 Å². The van der Waals surface area contributed by atoms with Crippen molar-refractivity contribution in [3.63, 3.8) is 0 Å². The van der Waals surface area contributed by atoms with Crippen LogP contribution >= 0.6 is 0 Å². The van der Waals surface area contributed by atoms with Gasteiger partial charge in [-0.3, -0.25) is 19.3 Å². The molecule has 0 spiro atoms. The molecule has 1 aromatic rings. The van der Waals surface area contributed by atoms with Gasteiger partial charge in [0.25, 0.3) is 0 Å². The van der Waals surface area contributed by atoms with Gasteiger partial charge in [0.15, 0.2) is 0 Å². The van der Waals surface area contributed by atoms with Crippen LogP contribution in [-0.2, 0) is 24.4 Å². The number of fused-ring (bicyclic) bond motifs is 5. The van der Waals surface area contributed by atoms with Crippen molar-refractivity contribution in [2.75, 3.05) is 25.0 Å². The molecule has 2 saturated heterocycles. The molecule has 2 bridgehead atoms. The quantitative estimate of drug-likeness (QED) is 0.560. The zero-order valence-corrected chi connectivity index (χ0v) is 17.2. The van der Waals surface area contributed by atoms with Gasteiger partial charge in [-0.05, 0) is 49.3 Å². The largest absolute Gasteiger partial charge is 0.324 e. The number of carbonyl (C=O) groups excluding carboxylic acids is 3. The Kier molecular flexibility index (Phi) is 4.55. The first-order valence-electron chi connectivity index (χ1n) is 10.3. The third-order valence-electron chi connectivity index (χ3n) is 6.68. The van der Waals surface area contributed by atoms with E-state index in [9.17, 15) is 22.8 Å². The normalized spacial score (nSPS) is 30.3. The van der Waals surface area contributed by atoms with Crippen molar-refractivity contribution >= 4 is 33.4 Å². The fourth-order valence-electron chi connectivity index (χ4n) is 5.28. The second kappa shape index (κ2) is 7.02. The maximum atomic E-state index is 12.7. The molecule has 4 atom stereocenters. The highest BCUT2D eigenvalue weighted by molar-refractivity contribution is 7.89. The summed E-state index contributed by atoms with van der Waals surface area (Å²) in [6, 6.07) is 6.07. The Bertz CT molecular complexity index is 1030. The van der Waals surface area contributed by atoms with Gasteiger partial charge in [-0.1, -0.05) is 18.2 Å². The second-order valence-electron chi connectivity index (χ2n) is 8.45. The zero-order valence-electron chi connectivity index (χ0n) is 16.4. The summed E-state index contributed by atoms with van der Waals surface area (Å²) in [5.41, 5.74) is 0.321. The molecule has 0 unspecified atom stereocenters. The minimum atomic E-state index is -3.60. The summed E-state index contributed by atoms with van der Waals surface area (Å²) in [6.45, 7) is 0.641. The third kappa shape index (κ3) is 2.99. The number of hydrogen-bond donors (Lipinski definition) is 1. The Morgan fingerprint density at radius 2 is 1.67 bits per heavy atom. The molecule has 3 fully saturated rings. The summed E-state index contributed by atoms with van der Waals surface area (Å²) < 4.78 is 26.9. The third-order valence-corrected chi connectivity index (χ3v) is 8.58. The van der Waals surface area contributed by atoms with Crippen LogP contribution in [0.1, 0.15) is 19.3 Å². The number of imide groups is 1. The van der Waals surface area contributed by atoms with Gasteiger partial charge in [-0.15, -0.1) is 0 Å². The van der Waals surface area contributed by atoms with Gasteiger partial charge in [0.2, 0.25) is 27.7 Å². The Balaban J connectivity index is 1.28. The maximum Gasteiger partial charge on any atom is 0.244 e. The van der Waals surface area contributed by atoms with Crippen LogP contribution < -0.4 is 5.32 Å². The first kappa shape index (κ1) is 19.4. The molecule has 30 heavy (non-hydrogen) atoms. The molecule has 5 rings (SSSR count). The Hall–Kier alpha value is -2.52. The van der Waals surface area contributed by atoms with E-state index in [1.807, 2.05) is 12.2 Å². The Morgan fingerprint density at radius 3 is 2.30 bits per heavy atom. The number of allylic oxidation sites excluding steroid dienone is 2. The summed E-state index contributed by atoms with van der Waals surface area (Å²) in [6.07, 6.45) is 6.53. The highest BCUT2D eigenvalue weighted by atomic mass is 32.2. The van der Waals surface area contributed by atoms with E-state index < -0.39 is 15.9 Å². The first-order valence-corrected chi connectivity index (χ1v) is 11.7. The summed E-state index contributed by atoms with van der Waals surface area (Å²) in [5.74, 6) is -1.56. The molecule has 4 aliphatic rings. The Labute approximate surface area is 175 Å². The molecule has 158 valence electrons. The fourth-order valence-corrected chi connectivity index (χ4v) is 6.84. The minimum Gasteiger partial charge on any atom is -0.324 e. The van der Waals surface area contributed by atoms with Gasteiger partial charge in [-0.25, -0.2) is 8.42 Å². The molecule has 2 aliphatic carbocycles. The van der Waals surface area contributed by atoms with Crippen molar-refractivity contribution < 1.29 is 22.8 Å². The van der Waals surface area contributed by atoms with Crippen molar-refractivity contribution in [3.05, 3.63) is 36.4 Å². The van der Waals surface area contributed by atoms with Crippen LogP contribution in [0.5, 0.6) is 0 Å². The SMILES string of the molecule is O=C(CN1C(=O)[C@@H]2[C@H](C1=O)[C@H]1C=C[C@H]2C1)Nc1cccc(S(=O)(=O)N2CCCC2)c1. The van der Waals surface area contributed by atoms with E-state index in [1.54, 1.807) is 12.1 Å². The highest BCUT2D eigenvalue weighted by Gasteiger charge is 2.59. The van der Waals surface area contributed by atoms with Crippen LogP contribution in [0.2, 0.25) is 0 Å². The van der Waals surface area contributed by atoms with Crippen molar-refractivity contribution in [1.29, 1.82) is 0 Å². The molecule has 3 amide bonds. The summed E-state index contributed by atoms with van der Waals surface area (Å²) in [4.78, 5) is 39.1. The van der Waals surface area contributed by atoms with Crippen LogP contribution in [0, 0.1) is 23.7 Å². The van der Waals surface area contributed by atoms with Crippen molar-refractivity contribution in [1.82, 2.24) is 9.21 Å². The molecule has 0 aromatic heterocycles. The van der Waals surface area contributed by atoms with E-state index in [0.717, 1.165) is 24.2 Å². The van der Waals surface area contributed by atoms with Crippen molar-refractivity contribution in [3.8, 4) is 0 Å². The molecule has 2 aliphatic heterocycles. The molecular formula is C21H23N3O5S. The fraction of sp³-hybridized carbons (Fsp3) is 0.476. The summed E-state index contributed by atoms with van der Waals surface area (Å²) >= 11 is 0. The number of nitrogens with zero attached hydrogens (tertiary/aromatic N) is 2. The zero-order chi connectivity index (χ0) is 21.0. The predicted octanol–water partition coefficient (Wildman–Crippen LogP) is 1.22. The molecular weight excluding hydrogens is 406 g/mol. The smallest absolute Gasteiger partial charge is 0.244 e. The minimum absolute atomic E-state index is 0.0944. The van der Waals surface area contributed by atoms with Crippen molar-refractivity contribution in [2.24, 2.45) is 23.7 Å². The van der Waals surface area contributed by atoms with Crippen LogP contribution in [0.3, 0.4) is 0 Å². The predicted molar refractivity (Wildman–Crippen MR) is 108 cm³/mol. The van der Waals surface area contributed by atoms with Gasteiger partial charge in [-0.2, -0.15) is 4.31 Å². The van der Waals surface area contributed by atoms with E-state index in [0.29, 0.717) is 18.8 Å². The topological polar surface area (TPSA) is 104 Å². The van der Waals surface area contributed by atoms with E-state index in [1.165, 1.54) is 16.4 Å². The van der Waals surface area contributed by atoms with E-state index in [4.69, 9.17) is 0 Å². The lowest BCUT2D eigenvalue weighted by Crippen LogP contribution is -2.39. The summed E-state index contributed by atoms with van der Waals surface area (Å²) in [5, 5.41) is 2.63. The lowest BCUT2D eigenvalue weighted by molar-refractivity contribution is -0.143. The van der Waals surface area contributed by atoms with E-state index >= 15 is 0 Å². The van der Waals surface area contributed by atoms with Gasteiger partial charge in [0, 0.05) is 18.8 Å². The molecule has 9 heteroatoms. The number of carbonyl (C=O) groups is 3. The monoisotopic (exact) mass is 429 g/mol. The highest BCUT2D eigenvalue weighted by Crippen LogP contribution is 2.52. The number of benzene rings is 1. The number of sulfonamides is 1. The van der Waals surface area contributed by atoms with E-state index in [2.05, 4.69) is 5.32 Å². The van der Waals surface area contributed by atoms with Gasteiger partial charge in [0.1, 0.15) is 6.54 Å². The molecule has 1 aromatic carbocycles. The first-order chi connectivity index (χ1) is 14.4. The van der Waals surface area contributed by atoms with Crippen LogP contribution in [0.25, 0.3) is 0 Å². The number of rotatable bonds is 5. The summed E-state index contributed by atoms with van der Waals surface area (Å²) in [7, 11) is -3.60. The second-order valence-corrected chi connectivity index (χ2v) is 10.4. The van der Waals surface area contributed by atoms with E-state index in [-0.39, 0.29) is 46.9 Å². The number of hydrogen-bond acceptors (Lipinski definition) is 5. The Morgan fingerprint density at radius 1 is 1.03 bits per heavy atom. The van der Waals surface area contributed by atoms with Gasteiger partial charge in [0.05, 0.1) is 16.7 Å². The lowest BCUT2D eigenvalue weighted by atomic mass is 9.85. The standard InChI is InChI=1S/C21H23N3O5S/c25-17(12-24-20(26)18-13-6-7-14(10-13)19(18)21(24)27)22-15-4-3-5-16(11-15)30(28,29)23-8-1-2-9-23/h3-7,11,13-14,18-19H,1-2,8-10,12H2,(H,22,25)/t13-,14-,18-,19+/m0/s1. The maximum absolute atomic E-state index is 12.7. The van der Waals surface area contributed by atoms with Crippen LogP contribution in [0.4, 0.5) is 5.69 Å². The van der Waals surface area contributed by atoms with Gasteiger partial charge < -0.3 is 5.32 Å². The molecule has 0 radical (unpaired) electrons. The molecule has 2 heterocycles. The average molecular weight is 429 g/mol.